The number of ether oxygens (including phenoxy) is 1. The molecule has 2 unspecified atom stereocenters. The van der Waals surface area contributed by atoms with Crippen molar-refractivity contribution in [3.05, 3.63) is 12.2 Å². The third kappa shape index (κ3) is 4.42. The molecule has 0 aromatic carbocycles. The van der Waals surface area contributed by atoms with Gasteiger partial charge in [0, 0.05) is 18.1 Å². The Bertz CT molecular complexity index is 199. The van der Waals surface area contributed by atoms with E-state index in [2.05, 4.69) is 6.58 Å². The summed E-state index contributed by atoms with van der Waals surface area (Å²) in [6.07, 6.45) is 1.59. The van der Waals surface area contributed by atoms with Gasteiger partial charge in [0.2, 0.25) is 0 Å². The zero-order chi connectivity index (χ0) is 11.1. The first-order valence-corrected chi connectivity index (χ1v) is 5.00. The van der Waals surface area contributed by atoms with Crippen LogP contribution in [0.25, 0.3) is 0 Å². The Morgan fingerprint density at radius 2 is 2.14 bits per heavy atom. The number of carbonyl (C=O) groups is 1. The summed E-state index contributed by atoms with van der Waals surface area (Å²) in [6, 6.07) is 0. The van der Waals surface area contributed by atoms with Crippen LogP contribution in [0.5, 0.6) is 0 Å². The maximum Gasteiger partial charge on any atom is 0.333 e. The lowest BCUT2D eigenvalue weighted by molar-refractivity contribution is -0.146. The molecule has 14 heavy (non-hydrogen) atoms. The lowest BCUT2D eigenvalue weighted by Gasteiger charge is -2.21. The van der Waals surface area contributed by atoms with E-state index in [9.17, 15) is 4.79 Å². The fourth-order valence-electron chi connectivity index (χ4n) is 1.21. The van der Waals surface area contributed by atoms with Gasteiger partial charge in [-0.1, -0.05) is 19.9 Å². The fraction of sp³-hybridized carbons (Fsp3) is 0.727. The lowest BCUT2D eigenvalue weighted by Crippen LogP contribution is -2.26. The standard InChI is InChI=1S/C11H20O3/c1-5-6-10(7-12)9(4)14-11(13)8(2)3/h9-10,12H,2,5-7H2,1,3-4H3. The second-order valence-corrected chi connectivity index (χ2v) is 3.62. The first kappa shape index (κ1) is 13.2. The number of hydrogen-bond donors (Lipinski definition) is 1. The summed E-state index contributed by atoms with van der Waals surface area (Å²) in [4.78, 5) is 11.2. The minimum Gasteiger partial charge on any atom is -0.459 e. The Morgan fingerprint density at radius 1 is 1.57 bits per heavy atom. The Hall–Kier alpha value is -0.830. The Kier molecular flexibility index (Phi) is 6.21. The predicted molar refractivity (Wildman–Crippen MR) is 55.9 cm³/mol. The van der Waals surface area contributed by atoms with Gasteiger partial charge >= 0.3 is 5.97 Å². The third-order valence-corrected chi connectivity index (χ3v) is 2.20. The molecule has 0 fully saturated rings. The molecule has 1 N–H and O–H groups in total. The molecule has 0 rings (SSSR count). The van der Waals surface area contributed by atoms with Crippen molar-refractivity contribution in [1.29, 1.82) is 0 Å². The number of esters is 1. The van der Waals surface area contributed by atoms with Gasteiger partial charge < -0.3 is 9.84 Å². The fourth-order valence-corrected chi connectivity index (χ4v) is 1.21. The maximum absolute atomic E-state index is 11.2. The highest BCUT2D eigenvalue weighted by Gasteiger charge is 2.19. The molecule has 0 radical (unpaired) electrons. The summed E-state index contributed by atoms with van der Waals surface area (Å²) < 4.78 is 5.12. The first-order valence-electron chi connectivity index (χ1n) is 5.00. The largest absolute Gasteiger partial charge is 0.459 e. The minimum atomic E-state index is -0.382. The number of carbonyl (C=O) groups excluding carboxylic acids is 1. The number of aliphatic hydroxyl groups excluding tert-OH is 1. The molecular weight excluding hydrogens is 180 g/mol. The van der Waals surface area contributed by atoms with E-state index in [0.717, 1.165) is 12.8 Å². The molecule has 0 bridgehead atoms. The van der Waals surface area contributed by atoms with Crippen LogP contribution >= 0.6 is 0 Å². The molecule has 0 aromatic heterocycles. The van der Waals surface area contributed by atoms with Crippen molar-refractivity contribution in [2.75, 3.05) is 6.61 Å². The van der Waals surface area contributed by atoms with Crippen molar-refractivity contribution in [3.8, 4) is 0 Å². The van der Waals surface area contributed by atoms with Crippen LogP contribution in [-0.2, 0) is 9.53 Å². The van der Waals surface area contributed by atoms with Gasteiger partial charge in [-0.2, -0.15) is 0 Å². The normalized spacial score (nSPS) is 14.6. The van der Waals surface area contributed by atoms with Crippen LogP contribution < -0.4 is 0 Å². The van der Waals surface area contributed by atoms with E-state index in [4.69, 9.17) is 9.84 Å². The molecule has 0 amide bonds. The summed E-state index contributed by atoms with van der Waals surface area (Å²) in [5.41, 5.74) is 0.394. The van der Waals surface area contributed by atoms with E-state index < -0.39 is 0 Å². The Labute approximate surface area is 85.8 Å². The monoisotopic (exact) mass is 200 g/mol. The molecule has 0 aliphatic heterocycles. The molecule has 0 aliphatic carbocycles. The van der Waals surface area contributed by atoms with Gasteiger partial charge in [-0.25, -0.2) is 4.79 Å². The van der Waals surface area contributed by atoms with E-state index in [1.54, 1.807) is 13.8 Å². The van der Waals surface area contributed by atoms with Crippen LogP contribution in [-0.4, -0.2) is 23.8 Å². The van der Waals surface area contributed by atoms with Gasteiger partial charge in [0.1, 0.15) is 6.10 Å². The molecule has 0 saturated carbocycles. The smallest absolute Gasteiger partial charge is 0.333 e. The predicted octanol–water partition coefficient (Wildman–Crippen LogP) is 1.90. The van der Waals surface area contributed by atoms with Gasteiger partial charge in [0.05, 0.1) is 0 Å². The van der Waals surface area contributed by atoms with Crippen molar-refractivity contribution in [2.45, 2.75) is 39.7 Å². The zero-order valence-electron chi connectivity index (χ0n) is 9.25. The number of aliphatic hydroxyl groups is 1. The SMILES string of the molecule is C=C(C)C(=O)OC(C)C(CO)CCC. The molecule has 0 heterocycles. The molecule has 3 nitrogen and oxygen atoms in total. The van der Waals surface area contributed by atoms with Gasteiger partial charge in [0.25, 0.3) is 0 Å². The van der Waals surface area contributed by atoms with E-state index in [0.29, 0.717) is 5.57 Å². The van der Waals surface area contributed by atoms with Crippen LogP contribution in [0.2, 0.25) is 0 Å². The van der Waals surface area contributed by atoms with Crippen LogP contribution in [0.1, 0.15) is 33.6 Å². The molecule has 3 heteroatoms. The van der Waals surface area contributed by atoms with Crippen LogP contribution in [0.4, 0.5) is 0 Å². The van der Waals surface area contributed by atoms with Crippen molar-refractivity contribution in [2.24, 2.45) is 5.92 Å². The highest BCUT2D eigenvalue weighted by atomic mass is 16.5. The summed E-state index contributed by atoms with van der Waals surface area (Å²) in [6.45, 7) is 9.01. The zero-order valence-corrected chi connectivity index (χ0v) is 9.25. The van der Waals surface area contributed by atoms with Gasteiger partial charge in [-0.15, -0.1) is 0 Å². The van der Waals surface area contributed by atoms with Crippen molar-refractivity contribution >= 4 is 5.97 Å². The molecular formula is C11H20O3. The Morgan fingerprint density at radius 3 is 2.50 bits per heavy atom. The third-order valence-electron chi connectivity index (χ3n) is 2.20. The quantitative estimate of drug-likeness (QED) is 0.526. The summed E-state index contributed by atoms with van der Waals surface area (Å²) in [7, 11) is 0. The molecule has 0 aromatic rings. The van der Waals surface area contributed by atoms with E-state index in [-0.39, 0.29) is 24.6 Å². The second kappa shape index (κ2) is 6.60. The Balaban J connectivity index is 4.09. The molecule has 2 atom stereocenters. The van der Waals surface area contributed by atoms with E-state index in [1.165, 1.54) is 0 Å². The summed E-state index contributed by atoms with van der Waals surface area (Å²) in [5, 5.41) is 9.07. The van der Waals surface area contributed by atoms with Gasteiger partial charge in [0.15, 0.2) is 0 Å². The van der Waals surface area contributed by atoms with Crippen molar-refractivity contribution < 1.29 is 14.6 Å². The summed E-state index contributed by atoms with van der Waals surface area (Å²) in [5.74, 6) is -0.352. The molecule has 0 spiro atoms. The average Bonchev–Trinajstić information content (AvgIpc) is 2.13. The summed E-state index contributed by atoms with van der Waals surface area (Å²) >= 11 is 0. The highest BCUT2D eigenvalue weighted by molar-refractivity contribution is 5.87. The van der Waals surface area contributed by atoms with Gasteiger partial charge in [-0.05, 0) is 20.3 Å². The van der Waals surface area contributed by atoms with Gasteiger partial charge in [-0.3, -0.25) is 0 Å². The average molecular weight is 200 g/mol. The molecule has 82 valence electrons. The highest BCUT2D eigenvalue weighted by Crippen LogP contribution is 2.14. The van der Waals surface area contributed by atoms with Crippen LogP contribution in [0.3, 0.4) is 0 Å². The van der Waals surface area contributed by atoms with Crippen LogP contribution in [0.15, 0.2) is 12.2 Å². The second-order valence-electron chi connectivity index (χ2n) is 3.62. The van der Waals surface area contributed by atoms with Crippen molar-refractivity contribution in [3.63, 3.8) is 0 Å². The number of hydrogen-bond acceptors (Lipinski definition) is 3. The van der Waals surface area contributed by atoms with E-state index in [1.807, 2.05) is 6.92 Å². The topological polar surface area (TPSA) is 46.5 Å². The lowest BCUT2D eigenvalue weighted by atomic mass is 9.99. The molecule has 0 saturated heterocycles. The van der Waals surface area contributed by atoms with Crippen LogP contribution in [0, 0.1) is 5.92 Å². The van der Waals surface area contributed by atoms with E-state index >= 15 is 0 Å². The van der Waals surface area contributed by atoms with Crippen molar-refractivity contribution in [1.82, 2.24) is 0 Å². The number of rotatable bonds is 6. The maximum atomic E-state index is 11.2. The first-order chi connectivity index (χ1) is 6.52. The molecule has 0 aliphatic rings. The minimum absolute atomic E-state index is 0.0308.